The molecule has 0 radical (unpaired) electrons. The van der Waals surface area contributed by atoms with Crippen LogP contribution in [0.4, 0.5) is 37.3 Å². The topological polar surface area (TPSA) is 42.5 Å². The number of rotatable bonds is 7. The maximum atomic E-state index is 12.5. The molecule has 0 bridgehead atoms. The van der Waals surface area contributed by atoms with Crippen molar-refractivity contribution in [2.24, 2.45) is 0 Å². The Kier molecular flexibility index (Phi) is 5.53. The Labute approximate surface area is 145 Å². The summed E-state index contributed by atoms with van der Waals surface area (Å²) < 4.78 is 85.2. The molecule has 0 amide bonds. The first kappa shape index (κ1) is 19.7. The first-order chi connectivity index (χ1) is 12.0. The minimum atomic E-state index is -5.27. The van der Waals surface area contributed by atoms with Gasteiger partial charge in [-0.15, -0.1) is 0 Å². The number of methoxy groups -OCH3 is 2. The van der Waals surface area contributed by atoms with Gasteiger partial charge in [0.05, 0.1) is 14.2 Å². The summed E-state index contributed by atoms with van der Waals surface area (Å²) in [4.78, 5) is 0. The van der Waals surface area contributed by atoms with Gasteiger partial charge >= 0.3 is 14.2 Å². The highest BCUT2D eigenvalue weighted by molar-refractivity contribution is 6.62. The summed E-state index contributed by atoms with van der Waals surface area (Å²) in [6.07, 6.45) is 0. The lowest BCUT2D eigenvalue weighted by Crippen LogP contribution is -2.28. The maximum Gasteiger partial charge on any atom is 0.595 e. The van der Waals surface area contributed by atoms with E-state index in [4.69, 9.17) is 9.47 Å². The number of hydrogen-bond donors (Lipinski definition) is 2. The Balaban J connectivity index is 2.39. The van der Waals surface area contributed by atoms with Crippen LogP contribution in [0, 0.1) is 0 Å². The minimum Gasteiger partial charge on any atom is -0.495 e. The van der Waals surface area contributed by atoms with E-state index in [1.807, 2.05) is 0 Å². The van der Waals surface area contributed by atoms with Crippen molar-refractivity contribution in [1.29, 1.82) is 0 Å². The zero-order valence-corrected chi connectivity index (χ0v) is 13.7. The third-order valence-electron chi connectivity index (χ3n) is 3.37. The Morgan fingerprint density at radius 1 is 0.654 bits per heavy atom. The van der Waals surface area contributed by atoms with Gasteiger partial charge in [0.1, 0.15) is 11.5 Å². The molecule has 2 aromatic carbocycles. The van der Waals surface area contributed by atoms with Crippen molar-refractivity contribution in [2.75, 3.05) is 24.7 Å². The van der Waals surface area contributed by atoms with Gasteiger partial charge in [0, 0.05) is 11.4 Å². The number of ether oxygens (including phenoxy) is 2. The van der Waals surface area contributed by atoms with Crippen molar-refractivity contribution >= 4 is 25.6 Å². The minimum absolute atomic E-state index is 0.0542. The van der Waals surface area contributed by atoms with E-state index < -0.39 is 14.2 Å². The predicted octanol–water partition coefficient (Wildman–Crippen LogP) is 4.88. The largest absolute Gasteiger partial charge is 0.595 e. The molecule has 4 nitrogen and oxygen atoms in total. The maximum absolute atomic E-state index is 12.5. The van der Waals surface area contributed by atoms with Crippen molar-refractivity contribution in [3.8, 4) is 22.6 Å². The molecular weight excluding hydrogens is 364 g/mol. The molecule has 0 spiro atoms. The molecule has 0 atom stereocenters. The molecule has 2 aromatic rings. The fraction of sp³-hybridized carbons (Fsp3) is 0.143. The lowest BCUT2D eigenvalue weighted by Gasteiger charge is -2.22. The van der Waals surface area contributed by atoms with Crippen LogP contribution >= 0.6 is 0 Å². The molecule has 142 valence electrons. The van der Waals surface area contributed by atoms with Crippen molar-refractivity contribution in [3.63, 3.8) is 0 Å². The van der Waals surface area contributed by atoms with Crippen LogP contribution < -0.4 is 19.9 Å². The lowest BCUT2D eigenvalue weighted by molar-refractivity contribution is 0.415. The highest BCUT2D eigenvalue weighted by Gasteiger charge is 2.26. The number of hydrogen-bond acceptors (Lipinski definition) is 4. The molecule has 26 heavy (non-hydrogen) atoms. The lowest BCUT2D eigenvalue weighted by atomic mass is 10.0. The second-order valence-electron chi connectivity index (χ2n) is 5.27. The molecular formula is C14H14B2F6N2O2-2. The summed E-state index contributed by atoms with van der Waals surface area (Å²) in [6.45, 7) is 0. The quantitative estimate of drug-likeness (QED) is 0.533. The van der Waals surface area contributed by atoms with Gasteiger partial charge < -0.3 is 45.8 Å². The molecule has 0 aromatic heterocycles. The third kappa shape index (κ3) is 5.17. The van der Waals surface area contributed by atoms with Crippen LogP contribution in [0.15, 0.2) is 36.4 Å². The van der Waals surface area contributed by atoms with Gasteiger partial charge in [0.25, 0.3) is 0 Å². The summed E-state index contributed by atoms with van der Waals surface area (Å²) in [5.74, 6) is -0.108. The van der Waals surface area contributed by atoms with E-state index in [1.165, 1.54) is 61.1 Å². The van der Waals surface area contributed by atoms with Gasteiger partial charge in [-0.2, -0.15) is 0 Å². The highest BCUT2D eigenvalue weighted by atomic mass is 19.4. The van der Waals surface area contributed by atoms with Crippen molar-refractivity contribution in [3.05, 3.63) is 36.4 Å². The zero-order chi connectivity index (χ0) is 19.5. The van der Waals surface area contributed by atoms with E-state index in [2.05, 4.69) is 0 Å². The molecule has 2 rings (SSSR count). The number of nitrogens with one attached hydrogen (secondary N) is 2. The van der Waals surface area contributed by atoms with Crippen molar-refractivity contribution in [2.45, 2.75) is 0 Å². The molecule has 2 N–H and O–H groups in total. The summed E-state index contributed by atoms with van der Waals surface area (Å²) in [5, 5.41) is 2.83. The Morgan fingerprint density at radius 2 is 1.00 bits per heavy atom. The van der Waals surface area contributed by atoms with Crippen LogP contribution in [0.1, 0.15) is 0 Å². The van der Waals surface area contributed by atoms with Crippen LogP contribution in [0.5, 0.6) is 11.5 Å². The normalized spacial score (nSPS) is 11.8. The van der Waals surface area contributed by atoms with Crippen LogP contribution in [-0.2, 0) is 0 Å². The third-order valence-corrected chi connectivity index (χ3v) is 3.37. The second kappa shape index (κ2) is 7.30. The van der Waals surface area contributed by atoms with E-state index in [0.29, 0.717) is 11.1 Å². The van der Waals surface area contributed by atoms with E-state index in [9.17, 15) is 25.9 Å². The summed E-state index contributed by atoms with van der Waals surface area (Å²) in [7, 11) is -8.11. The van der Waals surface area contributed by atoms with Gasteiger partial charge in [0.15, 0.2) is 0 Å². The molecule has 0 aliphatic carbocycles. The molecule has 0 aliphatic heterocycles. The predicted molar refractivity (Wildman–Crippen MR) is 90.4 cm³/mol. The average molecular weight is 378 g/mol. The summed E-state index contributed by atoms with van der Waals surface area (Å²) >= 11 is 0. The van der Waals surface area contributed by atoms with Crippen LogP contribution in [-0.4, -0.2) is 28.4 Å². The zero-order valence-electron chi connectivity index (χ0n) is 13.7. The molecule has 0 saturated heterocycles. The van der Waals surface area contributed by atoms with Gasteiger partial charge in [-0.1, -0.05) is 12.1 Å². The van der Waals surface area contributed by atoms with E-state index in [-0.39, 0.29) is 22.9 Å². The number of halogens is 6. The molecule has 0 saturated carbocycles. The fourth-order valence-electron chi connectivity index (χ4n) is 2.33. The van der Waals surface area contributed by atoms with E-state index >= 15 is 0 Å². The molecule has 0 unspecified atom stereocenters. The highest BCUT2D eigenvalue weighted by Crippen LogP contribution is 2.36. The van der Waals surface area contributed by atoms with Gasteiger partial charge in [0.2, 0.25) is 0 Å². The Bertz CT molecular complexity index is 718. The van der Waals surface area contributed by atoms with E-state index in [0.717, 1.165) is 0 Å². The van der Waals surface area contributed by atoms with Crippen molar-refractivity contribution in [1.82, 2.24) is 0 Å². The monoisotopic (exact) mass is 378 g/mol. The first-order valence-corrected chi connectivity index (χ1v) is 7.34. The summed E-state index contributed by atoms with van der Waals surface area (Å²) in [6, 6.07) is 7.84. The van der Waals surface area contributed by atoms with Crippen LogP contribution in [0.3, 0.4) is 0 Å². The fourth-order valence-corrected chi connectivity index (χ4v) is 2.33. The van der Waals surface area contributed by atoms with Crippen LogP contribution in [0.25, 0.3) is 11.1 Å². The smallest absolute Gasteiger partial charge is 0.495 e. The Morgan fingerprint density at radius 3 is 1.27 bits per heavy atom. The number of benzene rings is 2. The second-order valence-corrected chi connectivity index (χ2v) is 5.27. The van der Waals surface area contributed by atoms with Crippen molar-refractivity contribution < 1.29 is 35.4 Å². The molecule has 0 heterocycles. The molecule has 12 heteroatoms. The average Bonchev–Trinajstić information content (AvgIpc) is 2.53. The van der Waals surface area contributed by atoms with Gasteiger partial charge in [-0.3, -0.25) is 0 Å². The molecule has 0 fully saturated rings. The first-order valence-electron chi connectivity index (χ1n) is 7.34. The standard InChI is InChI=1S/C14H14B2F6N2O2/c1-25-13-7-9(3-5-11(13)23-15(17,18)19)10-4-6-12(14(8-10)26-2)24-16(20,21)22/h3-8,23-24H,1-2H3/q-2. The number of anilines is 2. The summed E-state index contributed by atoms with van der Waals surface area (Å²) in [5.41, 5.74) is 0.386. The van der Waals surface area contributed by atoms with Gasteiger partial charge in [-0.25, -0.2) is 0 Å². The van der Waals surface area contributed by atoms with Gasteiger partial charge in [-0.05, 0) is 35.4 Å². The SMILES string of the molecule is COc1cc(-c2ccc(N[B-](F)(F)F)c(OC)c2)ccc1N[B-](F)(F)F. The Hall–Kier alpha value is -2.65. The van der Waals surface area contributed by atoms with Crippen LogP contribution in [0.2, 0.25) is 0 Å². The van der Waals surface area contributed by atoms with E-state index in [1.54, 1.807) is 0 Å². The molecule has 0 aliphatic rings.